The van der Waals surface area contributed by atoms with Crippen LogP contribution in [0.1, 0.15) is 61.8 Å². The van der Waals surface area contributed by atoms with Gasteiger partial charge in [0.2, 0.25) is 8.77 Å². The first-order valence-corrected chi connectivity index (χ1v) is 15.0. The van der Waals surface area contributed by atoms with E-state index in [1.807, 2.05) is 55.0 Å². The lowest BCUT2D eigenvalue weighted by Gasteiger charge is -2.19. The second kappa shape index (κ2) is 16.9. The van der Waals surface area contributed by atoms with E-state index in [0.717, 1.165) is 40.8 Å². The van der Waals surface area contributed by atoms with Gasteiger partial charge >= 0.3 is 0 Å². The van der Waals surface area contributed by atoms with E-state index in [4.69, 9.17) is 38.6 Å². The highest BCUT2D eigenvalue weighted by molar-refractivity contribution is 8.22. The molecule has 0 saturated heterocycles. The summed E-state index contributed by atoms with van der Waals surface area (Å²) in [5, 5.41) is 0. The first-order chi connectivity index (χ1) is 17.0. The van der Waals surface area contributed by atoms with Crippen molar-refractivity contribution in [2.24, 2.45) is 5.92 Å². The van der Waals surface area contributed by atoms with Crippen molar-refractivity contribution in [1.82, 2.24) is 0 Å². The van der Waals surface area contributed by atoms with Crippen molar-refractivity contribution in [2.75, 3.05) is 19.1 Å². The first-order valence-electron chi connectivity index (χ1n) is 11.8. The van der Waals surface area contributed by atoms with Crippen LogP contribution >= 0.6 is 48.0 Å². The lowest BCUT2D eigenvalue weighted by atomic mass is 10.00. The van der Waals surface area contributed by atoms with Crippen molar-refractivity contribution in [3.63, 3.8) is 0 Å². The number of thioether (sulfide) groups is 2. The van der Waals surface area contributed by atoms with Gasteiger partial charge < -0.3 is 14.2 Å². The van der Waals surface area contributed by atoms with Crippen LogP contribution in [0.5, 0.6) is 5.75 Å². The molecule has 0 spiro atoms. The predicted molar refractivity (Wildman–Crippen MR) is 159 cm³/mol. The van der Waals surface area contributed by atoms with E-state index >= 15 is 0 Å². The smallest absolute Gasteiger partial charge is 0.220 e. The fourth-order valence-electron chi connectivity index (χ4n) is 3.31. The summed E-state index contributed by atoms with van der Waals surface area (Å²) in [5.74, 6) is 7.86. The van der Waals surface area contributed by atoms with Crippen LogP contribution in [0.25, 0.3) is 0 Å². The minimum absolute atomic E-state index is 0.325. The third-order valence-corrected chi connectivity index (χ3v) is 7.58. The van der Waals surface area contributed by atoms with Crippen molar-refractivity contribution >= 4 is 56.7 Å². The summed E-state index contributed by atoms with van der Waals surface area (Å²) in [7, 11) is 0. The lowest BCUT2D eigenvalue weighted by molar-refractivity contribution is 0.223. The van der Waals surface area contributed by atoms with Gasteiger partial charge in [0.25, 0.3) is 0 Å². The highest BCUT2D eigenvalue weighted by Crippen LogP contribution is 2.28. The molecule has 1 atom stereocenters. The number of thiocarbonyl (C=S) groups is 2. The highest BCUT2D eigenvalue weighted by atomic mass is 32.2. The summed E-state index contributed by atoms with van der Waals surface area (Å²) in [6.07, 6.45) is 8.45. The Morgan fingerprint density at radius 2 is 1.57 bits per heavy atom. The Hall–Kier alpha value is -1.72. The average molecular weight is 547 g/mol. The molecule has 2 rings (SSSR count). The molecule has 7 heteroatoms. The molecule has 0 saturated carbocycles. The minimum Gasteiger partial charge on any atom is -0.493 e. The molecular formula is C28H34O3S4. The van der Waals surface area contributed by atoms with Crippen molar-refractivity contribution in [2.45, 2.75) is 52.7 Å². The van der Waals surface area contributed by atoms with Gasteiger partial charge in [-0.2, -0.15) is 0 Å². The average Bonchev–Trinajstić information content (AvgIpc) is 2.90. The molecule has 0 aliphatic heterocycles. The Bertz CT molecular complexity index is 1010. The molecule has 0 aromatic heterocycles. The van der Waals surface area contributed by atoms with Crippen LogP contribution in [0.2, 0.25) is 0 Å². The van der Waals surface area contributed by atoms with E-state index in [9.17, 15) is 0 Å². The molecule has 0 heterocycles. The van der Waals surface area contributed by atoms with Crippen molar-refractivity contribution in [3.8, 4) is 17.6 Å². The fraction of sp³-hybridized carbons (Fsp3) is 0.429. The van der Waals surface area contributed by atoms with Gasteiger partial charge in [-0.05, 0) is 73.6 Å². The molecule has 2 aromatic rings. The molecule has 0 bridgehead atoms. The maximum absolute atomic E-state index is 6.37. The van der Waals surface area contributed by atoms with Gasteiger partial charge in [0.05, 0.1) is 6.61 Å². The number of hydrogen-bond donors (Lipinski definition) is 0. The number of ether oxygens (including phenoxy) is 3. The normalized spacial score (nSPS) is 11.2. The van der Waals surface area contributed by atoms with Gasteiger partial charge in [0.15, 0.2) is 0 Å². The topological polar surface area (TPSA) is 27.7 Å². The summed E-state index contributed by atoms with van der Waals surface area (Å²) in [6.45, 7) is 5.75. The van der Waals surface area contributed by atoms with Crippen LogP contribution < -0.4 is 4.74 Å². The number of rotatable bonds is 11. The van der Waals surface area contributed by atoms with Gasteiger partial charge in [-0.15, -0.1) is 0 Å². The van der Waals surface area contributed by atoms with Crippen LogP contribution in [0.3, 0.4) is 0 Å². The van der Waals surface area contributed by atoms with Crippen LogP contribution in [0.15, 0.2) is 42.5 Å². The molecule has 188 valence electrons. The van der Waals surface area contributed by atoms with Gasteiger partial charge in [0, 0.05) is 22.3 Å². The quantitative estimate of drug-likeness (QED) is 0.208. The third-order valence-electron chi connectivity index (χ3n) is 5.44. The Morgan fingerprint density at radius 3 is 2.17 bits per heavy atom. The predicted octanol–water partition coefficient (Wildman–Crippen LogP) is 8.01. The summed E-state index contributed by atoms with van der Waals surface area (Å²) in [5.41, 5.74) is 3.65. The Kier molecular flexibility index (Phi) is 14.2. The maximum atomic E-state index is 6.37. The molecule has 0 fully saturated rings. The monoisotopic (exact) mass is 546 g/mol. The van der Waals surface area contributed by atoms with Crippen LogP contribution in [0, 0.1) is 17.8 Å². The number of benzene rings is 2. The van der Waals surface area contributed by atoms with Gasteiger partial charge in [0.1, 0.15) is 19.0 Å². The largest absolute Gasteiger partial charge is 0.493 e. The van der Waals surface area contributed by atoms with E-state index in [-0.39, 0.29) is 0 Å². The second-order valence-electron chi connectivity index (χ2n) is 7.95. The second-order valence-corrected chi connectivity index (χ2v) is 10.8. The SMILES string of the molecule is CCCCC(CC)COc1cc(COC(=S)SC)c(C#Cc2ccccc2)cc1COC(=S)SC. The zero-order chi connectivity index (χ0) is 25.5. The summed E-state index contributed by atoms with van der Waals surface area (Å²) >= 11 is 13.3. The van der Waals surface area contributed by atoms with Crippen LogP contribution in [0.4, 0.5) is 0 Å². The lowest BCUT2D eigenvalue weighted by Crippen LogP contribution is -2.13. The molecule has 35 heavy (non-hydrogen) atoms. The Balaban J connectivity index is 2.42. The van der Waals surface area contributed by atoms with Crippen LogP contribution in [-0.2, 0) is 22.7 Å². The molecular weight excluding hydrogens is 513 g/mol. The van der Waals surface area contributed by atoms with Gasteiger partial charge in [-0.3, -0.25) is 0 Å². The zero-order valence-corrected chi connectivity index (χ0v) is 24.2. The van der Waals surface area contributed by atoms with Crippen LogP contribution in [-0.4, -0.2) is 27.9 Å². The van der Waals surface area contributed by atoms with E-state index in [0.29, 0.717) is 34.5 Å². The molecule has 0 radical (unpaired) electrons. The molecule has 0 aliphatic carbocycles. The Labute approximate surface area is 230 Å². The van der Waals surface area contributed by atoms with E-state index < -0.39 is 0 Å². The van der Waals surface area contributed by atoms with Crippen molar-refractivity contribution < 1.29 is 14.2 Å². The number of hydrogen-bond acceptors (Lipinski definition) is 7. The minimum atomic E-state index is 0.325. The van der Waals surface area contributed by atoms with Gasteiger partial charge in [-0.1, -0.05) is 86.7 Å². The van der Waals surface area contributed by atoms with Crippen molar-refractivity contribution in [1.29, 1.82) is 0 Å². The molecule has 0 aliphatic rings. The summed E-state index contributed by atoms with van der Waals surface area (Å²) < 4.78 is 19.0. The van der Waals surface area contributed by atoms with Gasteiger partial charge in [-0.25, -0.2) is 0 Å². The zero-order valence-electron chi connectivity index (χ0n) is 20.9. The molecule has 2 aromatic carbocycles. The standard InChI is InChI=1S/C28H34O3S4/c1-5-7-11-21(6-2)18-29-26-17-24(19-30-27(32)34-3)23(15-14-22-12-9-8-10-13-22)16-25(26)20-31-28(33)35-4/h8-10,12-13,16-17,21H,5-7,11,18-20H2,1-4H3. The maximum Gasteiger partial charge on any atom is 0.220 e. The molecule has 0 amide bonds. The fourth-order valence-corrected chi connectivity index (χ4v) is 3.78. The highest BCUT2D eigenvalue weighted by Gasteiger charge is 2.15. The van der Waals surface area contributed by atoms with Crippen molar-refractivity contribution in [3.05, 3.63) is 64.7 Å². The third kappa shape index (κ3) is 10.8. The first kappa shape index (κ1) is 29.5. The van der Waals surface area contributed by atoms with E-state index in [1.54, 1.807) is 0 Å². The van der Waals surface area contributed by atoms with E-state index in [1.165, 1.54) is 36.4 Å². The van der Waals surface area contributed by atoms with E-state index in [2.05, 4.69) is 25.7 Å². The molecule has 3 nitrogen and oxygen atoms in total. The molecule has 1 unspecified atom stereocenters. The summed E-state index contributed by atoms with van der Waals surface area (Å²) in [4.78, 5) is 0. The Morgan fingerprint density at radius 1 is 0.914 bits per heavy atom. The summed E-state index contributed by atoms with van der Waals surface area (Å²) in [6, 6.07) is 14.0. The number of unbranched alkanes of at least 4 members (excludes halogenated alkanes) is 1. The molecule has 0 N–H and O–H groups in total.